The minimum atomic E-state index is -0.261. The van der Waals surface area contributed by atoms with Gasteiger partial charge in [-0.25, -0.2) is 4.98 Å². The number of hydrogen-bond donors (Lipinski definition) is 1. The van der Waals surface area contributed by atoms with E-state index in [0.717, 1.165) is 15.7 Å². The fourth-order valence-corrected chi connectivity index (χ4v) is 2.22. The number of rotatable bonds is 3. The van der Waals surface area contributed by atoms with Gasteiger partial charge in [0.2, 0.25) is 5.91 Å². The van der Waals surface area contributed by atoms with Crippen molar-refractivity contribution in [2.24, 2.45) is 0 Å². The molecule has 104 valence electrons. The third-order valence-electron chi connectivity index (χ3n) is 2.79. The smallest absolute Gasteiger partial charge is 0.253 e. The zero-order valence-corrected chi connectivity index (χ0v) is 12.8. The highest BCUT2D eigenvalue weighted by atomic mass is 79.9. The zero-order chi connectivity index (χ0) is 14.7. The summed E-state index contributed by atoms with van der Waals surface area (Å²) in [5, 5.41) is 2.78. The van der Waals surface area contributed by atoms with Crippen molar-refractivity contribution in [3.05, 3.63) is 56.7 Å². The largest absolute Gasteiger partial charge is 0.324 e. The molecule has 0 bridgehead atoms. The average Bonchev–Trinajstić information content (AvgIpc) is 2.36. The lowest BCUT2D eigenvalue weighted by atomic mass is 10.2. The number of carbonyl (C=O) groups excluding carboxylic acids is 1. The third kappa shape index (κ3) is 3.54. The second-order valence-electron chi connectivity index (χ2n) is 4.50. The summed E-state index contributed by atoms with van der Waals surface area (Å²) in [4.78, 5) is 27.6. The van der Waals surface area contributed by atoms with E-state index in [4.69, 9.17) is 0 Å². The average molecular weight is 336 g/mol. The number of nitrogens with zero attached hydrogens (tertiary/aromatic N) is 2. The van der Waals surface area contributed by atoms with Crippen molar-refractivity contribution in [1.82, 2.24) is 9.55 Å². The predicted molar refractivity (Wildman–Crippen MR) is 80.7 cm³/mol. The van der Waals surface area contributed by atoms with Crippen LogP contribution in [0.5, 0.6) is 0 Å². The van der Waals surface area contributed by atoms with Gasteiger partial charge in [0.1, 0.15) is 6.54 Å². The van der Waals surface area contributed by atoms with E-state index in [2.05, 4.69) is 26.2 Å². The quantitative estimate of drug-likeness (QED) is 0.935. The first-order valence-electron chi connectivity index (χ1n) is 6.05. The van der Waals surface area contributed by atoms with Crippen LogP contribution in [0.2, 0.25) is 0 Å². The van der Waals surface area contributed by atoms with Gasteiger partial charge in [-0.2, -0.15) is 0 Å². The third-order valence-corrected chi connectivity index (χ3v) is 3.29. The molecular formula is C14H14BrN3O2. The van der Waals surface area contributed by atoms with Gasteiger partial charge in [-0.05, 0) is 37.6 Å². The van der Waals surface area contributed by atoms with Crippen molar-refractivity contribution in [2.75, 3.05) is 5.32 Å². The van der Waals surface area contributed by atoms with Gasteiger partial charge in [0.25, 0.3) is 5.56 Å². The molecule has 0 aliphatic carbocycles. The number of hydrogen-bond acceptors (Lipinski definition) is 3. The maximum absolute atomic E-state index is 11.9. The van der Waals surface area contributed by atoms with Gasteiger partial charge in [-0.1, -0.05) is 15.9 Å². The number of aromatic nitrogens is 2. The molecule has 0 unspecified atom stereocenters. The van der Waals surface area contributed by atoms with Crippen LogP contribution in [0.15, 0.2) is 39.9 Å². The van der Waals surface area contributed by atoms with Crippen molar-refractivity contribution >= 4 is 27.5 Å². The van der Waals surface area contributed by atoms with Crippen LogP contribution < -0.4 is 10.9 Å². The Balaban J connectivity index is 2.11. The van der Waals surface area contributed by atoms with Gasteiger partial charge in [0.05, 0.1) is 6.33 Å². The normalized spacial score (nSPS) is 10.3. The second-order valence-corrected chi connectivity index (χ2v) is 5.42. The van der Waals surface area contributed by atoms with Gasteiger partial charge in [0.15, 0.2) is 0 Å². The number of aryl methyl sites for hydroxylation is 2. The molecule has 1 aromatic carbocycles. The molecule has 0 spiro atoms. The molecule has 0 saturated carbocycles. The number of amides is 1. The van der Waals surface area contributed by atoms with E-state index in [1.54, 1.807) is 6.92 Å². The van der Waals surface area contributed by atoms with Crippen LogP contribution in [0.25, 0.3) is 0 Å². The molecule has 1 N–H and O–H groups in total. The van der Waals surface area contributed by atoms with E-state index in [-0.39, 0.29) is 18.0 Å². The van der Waals surface area contributed by atoms with Gasteiger partial charge in [-0.3, -0.25) is 14.2 Å². The molecular weight excluding hydrogens is 322 g/mol. The zero-order valence-electron chi connectivity index (χ0n) is 11.2. The SMILES string of the molecule is Cc1cc(=O)n(CC(=O)Nc2ccc(Br)cc2C)cn1. The van der Waals surface area contributed by atoms with Crippen LogP contribution in [0.1, 0.15) is 11.3 Å². The maximum Gasteiger partial charge on any atom is 0.253 e. The van der Waals surface area contributed by atoms with E-state index in [9.17, 15) is 9.59 Å². The standard InChI is InChI=1S/C14H14BrN3O2/c1-9-5-11(15)3-4-12(9)17-13(19)7-18-8-16-10(2)6-14(18)20/h3-6,8H,7H2,1-2H3,(H,17,19). The monoisotopic (exact) mass is 335 g/mol. The highest BCUT2D eigenvalue weighted by Gasteiger charge is 2.07. The molecule has 2 rings (SSSR count). The Morgan fingerprint density at radius 3 is 2.75 bits per heavy atom. The summed E-state index contributed by atoms with van der Waals surface area (Å²) < 4.78 is 2.23. The maximum atomic E-state index is 11.9. The first-order valence-corrected chi connectivity index (χ1v) is 6.84. The van der Waals surface area contributed by atoms with E-state index in [1.165, 1.54) is 17.0 Å². The summed E-state index contributed by atoms with van der Waals surface area (Å²) >= 11 is 3.37. The molecule has 0 radical (unpaired) electrons. The van der Waals surface area contributed by atoms with E-state index < -0.39 is 0 Å². The molecule has 20 heavy (non-hydrogen) atoms. The Bertz CT molecular complexity index is 710. The molecule has 6 heteroatoms. The van der Waals surface area contributed by atoms with Crippen LogP contribution >= 0.6 is 15.9 Å². The number of anilines is 1. The number of benzene rings is 1. The summed E-state index contributed by atoms with van der Waals surface area (Å²) in [7, 11) is 0. The lowest BCUT2D eigenvalue weighted by Gasteiger charge is -2.09. The summed E-state index contributed by atoms with van der Waals surface area (Å²) in [5.41, 5.74) is 2.07. The summed E-state index contributed by atoms with van der Waals surface area (Å²) in [6, 6.07) is 6.98. The molecule has 2 aromatic rings. The second kappa shape index (κ2) is 6.00. The minimum absolute atomic E-state index is 0.0540. The Morgan fingerprint density at radius 2 is 2.10 bits per heavy atom. The topological polar surface area (TPSA) is 64.0 Å². The Labute approximate surface area is 124 Å². The van der Waals surface area contributed by atoms with Crippen molar-refractivity contribution in [1.29, 1.82) is 0 Å². The lowest BCUT2D eigenvalue weighted by molar-refractivity contribution is -0.116. The fourth-order valence-electron chi connectivity index (χ4n) is 1.75. The number of halogens is 1. The van der Waals surface area contributed by atoms with Crippen LogP contribution in [-0.2, 0) is 11.3 Å². The van der Waals surface area contributed by atoms with Gasteiger partial charge in [-0.15, -0.1) is 0 Å². The van der Waals surface area contributed by atoms with Crippen molar-refractivity contribution in [3.8, 4) is 0 Å². The predicted octanol–water partition coefficient (Wildman–Crippen LogP) is 2.26. The van der Waals surface area contributed by atoms with E-state index >= 15 is 0 Å². The van der Waals surface area contributed by atoms with Gasteiger partial charge < -0.3 is 5.32 Å². The van der Waals surface area contributed by atoms with E-state index in [0.29, 0.717) is 5.69 Å². The fraction of sp³-hybridized carbons (Fsp3) is 0.214. The number of nitrogens with one attached hydrogen (secondary N) is 1. The Hall–Kier alpha value is -1.95. The summed E-state index contributed by atoms with van der Waals surface area (Å²) in [6.45, 7) is 3.58. The molecule has 0 atom stereocenters. The first kappa shape index (κ1) is 14.5. The molecule has 1 amide bonds. The molecule has 0 fully saturated rings. The Kier molecular flexibility index (Phi) is 4.34. The minimum Gasteiger partial charge on any atom is -0.324 e. The first-order chi connectivity index (χ1) is 9.45. The van der Waals surface area contributed by atoms with Crippen molar-refractivity contribution in [2.45, 2.75) is 20.4 Å². The van der Waals surface area contributed by atoms with Crippen molar-refractivity contribution < 1.29 is 4.79 Å². The summed E-state index contributed by atoms with van der Waals surface area (Å²) in [5.74, 6) is -0.261. The summed E-state index contributed by atoms with van der Waals surface area (Å²) in [6.07, 6.45) is 1.38. The van der Waals surface area contributed by atoms with Crippen LogP contribution in [-0.4, -0.2) is 15.5 Å². The van der Waals surface area contributed by atoms with E-state index in [1.807, 2.05) is 25.1 Å². The molecule has 0 saturated heterocycles. The number of carbonyl (C=O) groups is 1. The van der Waals surface area contributed by atoms with Gasteiger partial charge >= 0.3 is 0 Å². The molecule has 0 aliphatic rings. The lowest BCUT2D eigenvalue weighted by Crippen LogP contribution is -2.27. The van der Waals surface area contributed by atoms with Crippen molar-refractivity contribution in [3.63, 3.8) is 0 Å². The molecule has 1 heterocycles. The molecule has 0 aliphatic heterocycles. The van der Waals surface area contributed by atoms with Crippen LogP contribution in [0.3, 0.4) is 0 Å². The molecule has 1 aromatic heterocycles. The Morgan fingerprint density at radius 1 is 1.35 bits per heavy atom. The highest BCUT2D eigenvalue weighted by molar-refractivity contribution is 9.10. The molecule has 5 nitrogen and oxygen atoms in total. The van der Waals surface area contributed by atoms with Gasteiger partial charge in [0, 0.05) is 21.9 Å². The highest BCUT2D eigenvalue weighted by Crippen LogP contribution is 2.19. The van der Waals surface area contributed by atoms with Crippen LogP contribution in [0.4, 0.5) is 5.69 Å². The van der Waals surface area contributed by atoms with Crippen LogP contribution in [0, 0.1) is 13.8 Å².